The van der Waals surface area contributed by atoms with Crippen LogP contribution in [-0.2, 0) is 16.1 Å². The Bertz CT molecular complexity index is 964. The number of benzene rings is 2. The number of nitrogens with one attached hydrogen (secondary N) is 2. The van der Waals surface area contributed by atoms with E-state index in [2.05, 4.69) is 10.6 Å². The van der Waals surface area contributed by atoms with Gasteiger partial charge in [0.05, 0.1) is 6.54 Å². The van der Waals surface area contributed by atoms with E-state index in [1.807, 2.05) is 86.9 Å². The highest BCUT2D eigenvalue weighted by Crippen LogP contribution is 2.19. The van der Waals surface area contributed by atoms with Crippen LogP contribution < -0.4 is 15.2 Å². The van der Waals surface area contributed by atoms with Crippen LogP contribution >= 0.6 is 0 Å². The molecule has 0 fully saturated rings. The number of carbonyl (C=O) groups is 2. The van der Waals surface area contributed by atoms with Crippen LogP contribution in [0.1, 0.15) is 11.1 Å². The maximum absolute atomic E-state index is 12.2. The molecule has 1 heterocycles. The maximum Gasteiger partial charge on any atom is 0.286 e. The molecule has 5 nitrogen and oxygen atoms in total. The lowest BCUT2D eigenvalue weighted by molar-refractivity contribution is -0.684. The minimum Gasteiger partial charge on any atom is -0.342 e. The van der Waals surface area contributed by atoms with E-state index in [0.717, 1.165) is 27.9 Å². The zero-order valence-corrected chi connectivity index (χ0v) is 16.1. The summed E-state index contributed by atoms with van der Waals surface area (Å²) in [6.07, 6.45) is 3.76. The molecule has 0 saturated carbocycles. The van der Waals surface area contributed by atoms with Gasteiger partial charge in [0.1, 0.15) is 0 Å². The summed E-state index contributed by atoms with van der Waals surface area (Å²) in [5.41, 5.74) is 4.90. The van der Waals surface area contributed by atoms with E-state index in [9.17, 15) is 9.59 Å². The fraction of sp³-hybridized carbons (Fsp3) is 0.174. The van der Waals surface area contributed by atoms with Crippen LogP contribution in [0.4, 0.5) is 5.69 Å². The Labute approximate surface area is 165 Å². The molecular weight excluding hydrogens is 350 g/mol. The van der Waals surface area contributed by atoms with Crippen LogP contribution in [0.2, 0.25) is 0 Å². The molecule has 3 rings (SSSR count). The average Bonchev–Trinajstić information content (AvgIpc) is 2.70. The van der Waals surface area contributed by atoms with Crippen molar-refractivity contribution in [1.29, 1.82) is 0 Å². The van der Waals surface area contributed by atoms with Crippen molar-refractivity contribution in [3.05, 3.63) is 84.2 Å². The first-order valence-electron chi connectivity index (χ1n) is 9.20. The van der Waals surface area contributed by atoms with Gasteiger partial charge >= 0.3 is 0 Å². The van der Waals surface area contributed by atoms with Gasteiger partial charge in [-0.15, -0.1) is 0 Å². The van der Waals surface area contributed by atoms with Crippen LogP contribution in [0.5, 0.6) is 0 Å². The summed E-state index contributed by atoms with van der Waals surface area (Å²) in [5.74, 6) is -0.458. The monoisotopic (exact) mass is 374 g/mol. The standard InChI is InChI=1S/C23H23N3O2/c1-17-8-6-9-18(2)23(17)25-21(27)14-24-22(28)16-26-13-7-12-20(15-26)19-10-4-3-5-11-19/h3-13,15H,14,16H2,1-2H3,(H-,24,25,27,28)/p+1. The zero-order valence-electron chi connectivity index (χ0n) is 16.1. The quantitative estimate of drug-likeness (QED) is 0.652. The molecular formula is C23H24N3O2+. The molecule has 0 radical (unpaired) electrons. The van der Waals surface area contributed by atoms with Gasteiger partial charge in [-0.1, -0.05) is 48.5 Å². The number of hydrogen-bond acceptors (Lipinski definition) is 2. The first-order chi connectivity index (χ1) is 13.5. The molecule has 0 unspecified atom stereocenters. The molecule has 0 aliphatic rings. The third-order valence-electron chi connectivity index (χ3n) is 4.48. The summed E-state index contributed by atoms with van der Waals surface area (Å²) in [7, 11) is 0. The van der Waals surface area contributed by atoms with E-state index in [1.54, 1.807) is 4.57 Å². The van der Waals surface area contributed by atoms with E-state index < -0.39 is 0 Å². The number of carbonyl (C=O) groups excluding carboxylic acids is 2. The summed E-state index contributed by atoms with van der Waals surface area (Å²) < 4.78 is 1.81. The van der Waals surface area contributed by atoms with Gasteiger partial charge in [0.25, 0.3) is 5.91 Å². The smallest absolute Gasteiger partial charge is 0.286 e. The van der Waals surface area contributed by atoms with E-state index in [-0.39, 0.29) is 24.9 Å². The van der Waals surface area contributed by atoms with Gasteiger partial charge in [-0.2, -0.15) is 4.57 Å². The predicted octanol–water partition coefficient (Wildman–Crippen LogP) is 3.01. The van der Waals surface area contributed by atoms with Crippen molar-refractivity contribution in [2.45, 2.75) is 20.4 Å². The van der Waals surface area contributed by atoms with E-state index in [0.29, 0.717) is 0 Å². The van der Waals surface area contributed by atoms with Gasteiger partial charge in [0.15, 0.2) is 12.4 Å². The molecule has 2 aromatic carbocycles. The van der Waals surface area contributed by atoms with Crippen molar-refractivity contribution in [2.24, 2.45) is 0 Å². The molecule has 28 heavy (non-hydrogen) atoms. The second kappa shape index (κ2) is 8.95. The lowest BCUT2D eigenvalue weighted by Crippen LogP contribution is -2.44. The first-order valence-corrected chi connectivity index (χ1v) is 9.20. The summed E-state index contributed by atoms with van der Waals surface area (Å²) in [6, 6.07) is 19.7. The third-order valence-corrected chi connectivity index (χ3v) is 4.48. The van der Waals surface area contributed by atoms with Crippen molar-refractivity contribution in [1.82, 2.24) is 5.32 Å². The Kier molecular flexibility index (Phi) is 6.17. The highest BCUT2D eigenvalue weighted by molar-refractivity contribution is 5.95. The van der Waals surface area contributed by atoms with Gasteiger partial charge in [-0.05, 0) is 36.6 Å². The third kappa shape index (κ3) is 5.04. The number of rotatable bonds is 6. The number of anilines is 1. The van der Waals surface area contributed by atoms with E-state index in [4.69, 9.17) is 0 Å². The van der Waals surface area contributed by atoms with Crippen LogP contribution in [0, 0.1) is 13.8 Å². The Hall–Kier alpha value is -3.47. The van der Waals surface area contributed by atoms with E-state index >= 15 is 0 Å². The van der Waals surface area contributed by atoms with Gasteiger partial charge in [0, 0.05) is 17.3 Å². The molecule has 0 atom stereocenters. The van der Waals surface area contributed by atoms with Crippen molar-refractivity contribution in [2.75, 3.05) is 11.9 Å². The molecule has 0 spiro atoms. The van der Waals surface area contributed by atoms with Gasteiger partial charge in [-0.25, -0.2) is 0 Å². The predicted molar refractivity (Wildman–Crippen MR) is 110 cm³/mol. The number of para-hydroxylation sites is 1. The molecule has 3 aromatic rings. The Balaban J connectivity index is 1.55. The number of hydrogen-bond donors (Lipinski definition) is 2. The molecule has 0 aliphatic heterocycles. The van der Waals surface area contributed by atoms with Crippen LogP contribution in [-0.4, -0.2) is 18.4 Å². The molecule has 2 N–H and O–H groups in total. The topological polar surface area (TPSA) is 62.1 Å². The van der Waals surface area contributed by atoms with Crippen molar-refractivity contribution in [3.63, 3.8) is 0 Å². The summed E-state index contributed by atoms with van der Waals surface area (Å²) in [5, 5.41) is 5.55. The maximum atomic E-state index is 12.2. The Morgan fingerprint density at radius 3 is 2.21 bits per heavy atom. The van der Waals surface area contributed by atoms with Crippen molar-refractivity contribution < 1.29 is 14.2 Å². The number of pyridine rings is 1. The minimum absolute atomic E-state index is 0.0639. The van der Waals surface area contributed by atoms with Gasteiger partial charge in [0.2, 0.25) is 12.5 Å². The van der Waals surface area contributed by atoms with Crippen LogP contribution in [0.15, 0.2) is 73.1 Å². The number of nitrogens with zero attached hydrogens (tertiary/aromatic N) is 1. The summed E-state index contributed by atoms with van der Waals surface area (Å²) >= 11 is 0. The Morgan fingerprint density at radius 1 is 0.821 bits per heavy atom. The first kappa shape index (κ1) is 19.3. The highest BCUT2D eigenvalue weighted by Gasteiger charge is 2.13. The average molecular weight is 374 g/mol. The van der Waals surface area contributed by atoms with Gasteiger partial charge in [-0.3, -0.25) is 9.59 Å². The zero-order chi connectivity index (χ0) is 19.9. The lowest BCUT2D eigenvalue weighted by Gasteiger charge is -2.11. The summed E-state index contributed by atoms with van der Waals surface area (Å²) in [4.78, 5) is 24.4. The second-order valence-electron chi connectivity index (χ2n) is 6.72. The minimum atomic E-state index is -0.242. The number of amides is 2. The largest absolute Gasteiger partial charge is 0.342 e. The molecule has 142 valence electrons. The van der Waals surface area contributed by atoms with Crippen molar-refractivity contribution in [3.8, 4) is 11.1 Å². The molecule has 0 bridgehead atoms. The fourth-order valence-electron chi connectivity index (χ4n) is 3.02. The Morgan fingerprint density at radius 2 is 1.50 bits per heavy atom. The molecule has 2 amide bonds. The second-order valence-corrected chi connectivity index (χ2v) is 6.72. The SMILES string of the molecule is Cc1cccc(C)c1NC(=O)CNC(=O)C[n+]1cccc(-c2ccccc2)c1. The van der Waals surface area contributed by atoms with Gasteiger partial charge < -0.3 is 10.6 Å². The molecule has 0 saturated heterocycles. The lowest BCUT2D eigenvalue weighted by atomic mass is 10.1. The van der Waals surface area contributed by atoms with E-state index in [1.165, 1.54) is 0 Å². The number of aryl methyl sites for hydroxylation is 2. The normalized spacial score (nSPS) is 10.4. The molecule has 5 heteroatoms. The highest BCUT2D eigenvalue weighted by atomic mass is 16.2. The summed E-state index contributed by atoms with van der Waals surface area (Å²) in [6.45, 7) is 3.97. The fourth-order valence-corrected chi connectivity index (χ4v) is 3.02. The van der Waals surface area contributed by atoms with Crippen LogP contribution in [0.3, 0.4) is 0 Å². The number of aromatic nitrogens is 1. The molecule has 1 aromatic heterocycles. The van der Waals surface area contributed by atoms with Crippen molar-refractivity contribution >= 4 is 17.5 Å². The van der Waals surface area contributed by atoms with Crippen LogP contribution in [0.25, 0.3) is 11.1 Å². The molecule has 0 aliphatic carbocycles.